The summed E-state index contributed by atoms with van der Waals surface area (Å²) in [5, 5.41) is 7.67. The van der Waals surface area contributed by atoms with Gasteiger partial charge in [0.05, 0.1) is 6.54 Å². The fraction of sp³-hybridized carbons (Fsp3) is 0.417. The second-order valence-electron chi connectivity index (χ2n) is 4.12. The van der Waals surface area contributed by atoms with Crippen LogP contribution in [0.25, 0.3) is 0 Å². The maximum Gasteiger partial charge on any atom is 0.0560 e. The monoisotopic (exact) mass is 218 g/mol. The molecule has 4 heteroatoms. The van der Waals surface area contributed by atoms with Gasteiger partial charge in [0.1, 0.15) is 0 Å². The molecule has 4 nitrogen and oxygen atoms in total. The standard InChI is InChI=1S/C12H18N4/c1-11(10-16-8-4-6-14-16)13-9-12-5-3-7-15(12)2/h3-8,11,13H,9-10H2,1-2H3. The Hall–Kier alpha value is -1.55. The summed E-state index contributed by atoms with van der Waals surface area (Å²) in [7, 11) is 2.06. The summed E-state index contributed by atoms with van der Waals surface area (Å²) in [5.41, 5.74) is 1.30. The highest BCUT2D eigenvalue weighted by Crippen LogP contribution is 2.00. The van der Waals surface area contributed by atoms with Crippen molar-refractivity contribution in [3.63, 3.8) is 0 Å². The molecule has 1 N–H and O–H groups in total. The molecule has 2 aromatic rings. The number of aromatic nitrogens is 3. The van der Waals surface area contributed by atoms with Crippen molar-refractivity contribution < 1.29 is 0 Å². The molecule has 0 radical (unpaired) electrons. The van der Waals surface area contributed by atoms with Gasteiger partial charge in [-0.2, -0.15) is 5.10 Å². The number of nitrogens with zero attached hydrogens (tertiary/aromatic N) is 3. The Morgan fingerprint density at radius 2 is 2.25 bits per heavy atom. The van der Waals surface area contributed by atoms with E-state index in [2.05, 4.69) is 47.3 Å². The summed E-state index contributed by atoms with van der Waals surface area (Å²) in [5.74, 6) is 0. The zero-order chi connectivity index (χ0) is 11.4. The van der Waals surface area contributed by atoms with Crippen LogP contribution in [0.3, 0.4) is 0 Å². The Balaban J connectivity index is 1.80. The summed E-state index contributed by atoms with van der Waals surface area (Å²) >= 11 is 0. The van der Waals surface area contributed by atoms with Crippen LogP contribution in [-0.4, -0.2) is 20.4 Å². The summed E-state index contributed by atoms with van der Waals surface area (Å²) in [6.45, 7) is 3.97. The van der Waals surface area contributed by atoms with Crippen molar-refractivity contribution in [2.75, 3.05) is 0 Å². The Bertz CT molecular complexity index is 416. The minimum absolute atomic E-state index is 0.412. The molecule has 0 aliphatic heterocycles. The van der Waals surface area contributed by atoms with Crippen molar-refractivity contribution in [3.8, 4) is 0 Å². The Kier molecular flexibility index (Phi) is 3.41. The fourth-order valence-corrected chi connectivity index (χ4v) is 1.71. The number of rotatable bonds is 5. The van der Waals surface area contributed by atoms with E-state index >= 15 is 0 Å². The molecule has 0 fully saturated rings. The normalized spacial score (nSPS) is 12.9. The van der Waals surface area contributed by atoms with Crippen LogP contribution < -0.4 is 5.32 Å². The minimum Gasteiger partial charge on any atom is -0.353 e. The van der Waals surface area contributed by atoms with E-state index in [9.17, 15) is 0 Å². The van der Waals surface area contributed by atoms with E-state index < -0.39 is 0 Å². The molecule has 16 heavy (non-hydrogen) atoms. The summed E-state index contributed by atoms with van der Waals surface area (Å²) in [6, 6.07) is 6.56. The van der Waals surface area contributed by atoms with E-state index in [1.807, 2.05) is 23.1 Å². The second-order valence-corrected chi connectivity index (χ2v) is 4.12. The van der Waals surface area contributed by atoms with Gasteiger partial charge in [-0.15, -0.1) is 0 Å². The predicted molar refractivity (Wildman–Crippen MR) is 63.9 cm³/mol. The molecule has 2 rings (SSSR count). The molecule has 0 amide bonds. The van der Waals surface area contributed by atoms with Gasteiger partial charge in [0, 0.05) is 43.9 Å². The van der Waals surface area contributed by atoms with Crippen molar-refractivity contribution in [2.45, 2.75) is 26.1 Å². The van der Waals surface area contributed by atoms with Crippen molar-refractivity contribution >= 4 is 0 Å². The summed E-state index contributed by atoms with van der Waals surface area (Å²) in [6.07, 6.45) is 5.86. The zero-order valence-electron chi connectivity index (χ0n) is 9.80. The van der Waals surface area contributed by atoms with Gasteiger partial charge in [0.2, 0.25) is 0 Å². The zero-order valence-corrected chi connectivity index (χ0v) is 9.80. The van der Waals surface area contributed by atoms with Gasteiger partial charge in [-0.05, 0) is 25.1 Å². The molecule has 0 bridgehead atoms. The molecule has 2 heterocycles. The Morgan fingerprint density at radius 3 is 2.88 bits per heavy atom. The van der Waals surface area contributed by atoms with Crippen LogP contribution in [0.5, 0.6) is 0 Å². The smallest absolute Gasteiger partial charge is 0.0560 e. The van der Waals surface area contributed by atoms with Crippen LogP contribution in [0, 0.1) is 0 Å². The lowest BCUT2D eigenvalue weighted by atomic mass is 10.3. The molecule has 1 unspecified atom stereocenters. The Labute approximate surface area is 95.9 Å². The van der Waals surface area contributed by atoms with Gasteiger partial charge >= 0.3 is 0 Å². The largest absolute Gasteiger partial charge is 0.353 e. The lowest BCUT2D eigenvalue weighted by Gasteiger charge is -2.14. The molecule has 2 aromatic heterocycles. The highest BCUT2D eigenvalue weighted by molar-refractivity contribution is 5.06. The van der Waals surface area contributed by atoms with Gasteiger partial charge in [-0.3, -0.25) is 4.68 Å². The van der Waals surface area contributed by atoms with E-state index in [0.29, 0.717) is 6.04 Å². The first-order valence-corrected chi connectivity index (χ1v) is 5.57. The molecule has 0 aromatic carbocycles. The quantitative estimate of drug-likeness (QED) is 0.823. The van der Waals surface area contributed by atoms with Crippen LogP contribution in [0.2, 0.25) is 0 Å². The summed E-state index contributed by atoms with van der Waals surface area (Å²) < 4.78 is 4.08. The van der Waals surface area contributed by atoms with E-state index in [1.54, 1.807) is 0 Å². The molecule has 0 aliphatic carbocycles. The molecule has 0 spiro atoms. The van der Waals surface area contributed by atoms with E-state index in [4.69, 9.17) is 0 Å². The average molecular weight is 218 g/mol. The third kappa shape index (κ3) is 2.73. The lowest BCUT2D eigenvalue weighted by molar-refractivity contribution is 0.446. The number of hydrogen-bond donors (Lipinski definition) is 1. The molecule has 1 atom stereocenters. The van der Waals surface area contributed by atoms with Gasteiger partial charge in [0.15, 0.2) is 0 Å². The van der Waals surface area contributed by atoms with Crippen LogP contribution in [-0.2, 0) is 20.1 Å². The van der Waals surface area contributed by atoms with Gasteiger partial charge in [-0.1, -0.05) is 0 Å². The molecule has 0 aliphatic rings. The van der Waals surface area contributed by atoms with Crippen molar-refractivity contribution in [1.29, 1.82) is 0 Å². The van der Waals surface area contributed by atoms with Crippen LogP contribution in [0.4, 0.5) is 0 Å². The number of nitrogens with one attached hydrogen (secondary N) is 1. The molecule has 0 saturated heterocycles. The third-order valence-electron chi connectivity index (χ3n) is 2.70. The number of aryl methyl sites for hydroxylation is 1. The maximum atomic E-state index is 4.19. The van der Waals surface area contributed by atoms with E-state index in [1.165, 1.54) is 5.69 Å². The SMILES string of the molecule is CC(Cn1cccn1)NCc1cccn1C. The summed E-state index contributed by atoms with van der Waals surface area (Å²) in [4.78, 5) is 0. The minimum atomic E-state index is 0.412. The van der Waals surface area contributed by atoms with Crippen LogP contribution in [0.15, 0.2) is 36.8 Å². The van der Waals surface area contributed by atoms with Crippen LogP contribution >= 0.6 is 0 Å². The molecular weight excluding hydrogens is 200 g/mol. The second kappa shape index (κ2) is 4.99. The molecule has 86 valence electrons. The van der Waals surface area contributed by atoms with Crippen LogP contribution in [0.1, 0.15) is 12.6 Å². The van der Waals surface area contributed by atoms with Gasteiger partial charge < -0.3 is 9.88 Å². The Morgan fingerprint density at radius 1 is 1.38 bits per heavy atom. The predicted octanol–water partition coefficient (Wildman–Crippen LogP) is 1.40. The van der Waals surface area contributed by atoms with Gasteiger partial charge in [-0.25, -0.2) is 0 Å². The first kappa shape index (κ1) is 11.0. The number of hydrogen-bond acceptors (Lipinski definition) is 2. The van der Waals surface area contributed by atoms with Crippen molar-refractivity contribution in [2.24, 2.45) is 7.05 Å². The van der Waals surface area contributed by atoms with E-state index in [-0.39, 0.29) is 0 Å². The molecular formula is C12H18N4. The molecule has 0 saturated carbocycles. The highest BCUT2D eigenvalue weighted by atomic mass is 15.3. The average Bonchev–Trinajstić information content (AvgIpc) is 2.87. The fourth-order valence-electron chi connectivity index (χ4n) is 1.71. The first-order valence-electron chi connectivity index (χ1n) is 5.57. The van der Waals surface area contributed by atoms with Crippen molar-refractivity contribution in [3.05, 3.63) is 42.5 Å². The van der Waals surface area contributed by atoms with Gasteiger partial charge in [0.25, 0.3) is 0 Å². The maximum absolute atomic E-state index is 4.19. The van der Waals surface area contributed by atoms with E-state index in [0.717, 1.165) is 13.1 Å². The first-order chi connectivity index (χ1) is 7.75. The topological polar surface area (TPSA) is 34.8 Å². The highest BCUT2D eigenvalue weighted by Gasteiger charge is 2.03. The van der Waals surface area contributed by atoms with Crippen molar-refractivity contribution in [1.82, 2.24) is 19.7 Å². The lowest BCUT2D eigenvalue weighted by Crippen LogP contribution is -2.30. The third-order valence-corrected chi connectivity index (χ3v) is 2.70.